The lowest BCUT2D eigenvalue weighted by molar-refractivity contribution is 0.0446. The summed E-state index contributed by atoms with van der Waals surface area (Å²) >= 11 is 0. The highest BCUT2D eigenvalue weighted by Crippen LogP contribution is 2.19. The summed E-state index contributed by atoms with van der Waals surface area (Å²) in [6, 6.07) is 0. The van der Waals surface area contributed by atoms with Gasteiger partial charge in [0, 0.05) is 0 Å². The molecule has 1 unspecified atom stereocenters. The van der Waals surface area contributed by atoms with E-state index in [0.717, 1.165) is 12.7 Å². The number of alkyl halides is 3. The molecule has 0 aliphatic carbocycles. The first-order chi connectivity index (χ1) is 5.22. The van der Waals surface area contributed by atoms with Crippen LogP contribution >= 0.6 is 0 Å². The highest BCUT2D eigenvalue weighted by Gasteiger charge is 2.23. The van der Waals surface area contributed by atoms with Gasteiger partial charge in [-0.2, -0.15) is 0 Å². The van der Waals surface area contributed by atoms with Gasteiger partial charge in [-0.15, -0.1) is 0 Å². The van der Waals surface area contributed by atoms with E-state index in [1.165, 1.54) is 0 Å². The highest BCUT2D eigenvalue weighted by molar-refractivity contribution is 4.88. The minimum absolute atomic E-state index is 0.532. The lowest BCUT2D eigenvalue weighted by Crippen LogP contribution is -2.07. The standard InChI is InChI=1S/C5H4F3N3/c6-3(4(7)8)5-10-1-9-2-11-5/h1-4H. The molecule has 1 aromatic heterocycles. The molecule has 0 bridgehead atoms. The fraction of sp³-hybridized carbons (Fsp3) is 0.400. The number of halogens is 3. The zero-order chi connectivity index (χ0) is 8.27. The topological polar surface area (TPSA) is 38.7 Å². The van der Waals surface area contributed by atoms with E-state index < -0.39 is 18.4 Å². The van der Waals surface area contributed by atoms with Gasteiger partial charge in [0.25, 0.3) is 6.43 Å². The molecule has 6 heteroatoms. The molecule has 0 saturated heterocycles. The van der Waals surface area contributed by atoms with Crippen LogP contribution < -0.4 is 0 Å². The van der Waals surface area contributed by atoms with Gasteiger partial charge >= 0.3 is 0 Å². The number of hydrogen-bond donors (Lipinski definition) is 0. The van der Waals surface area contributed by atoms with Crippen LogP contribution in [0, 0.1) is 0 Å². The van der Waals surface area contributed by atoms with E-state index in [4.69, 9.17) is 0 Å². The van der Waals surface area contributed by atoms with E-state index in [9.17, 15) is 13.2 Å². The van der Waals surface area contributed by atoms with Gasteiger partial charge in [-0.1, -0.05) is 0 Å². The Kier molecular flexibility index (Phi) is 2.35. The van der Waals surface area contributed by atoms with Crippen LogP contribution in [0.25, 0.3) is 0 Å². The molecule has 0 radical (unpaired) electrons. The number of aromatic nitrogens is 3. The second-order valence-electron chi connectivity index (χ2n) is 1.73. The summed E-state index contributed by atoms with van der Waals surface area (Å²) in [5, 5.41) is 0. The van der Waals surface area contributed by atoms with Gasteiger partial charge in [0.05, 0.1) is 0 Å². The summed E-state index contributed by atoms with van der Waals surface area (Å²) in [7, 11) is 0. The lowest BCUT2D eigenvalue weighted by atomic mass is 10.4. The van der Waals surface area contributed by atoms with Crippen molar-refractivity contribution in [2.75, 3.05) is 0 Å². The monoisotopic (exact) mass is 163 g/mol. The average molecular weight is 163 g/mol. The van der Waals surface area contributed by atoms with Crippen LogP contribution in [-0.4, -0.2) is 21.4 Å². The van der Waals surface area contributed by atoms with Crippen molar-refractivity contribution < 1.29 is 13.2 Å². The lowest BCUT2D eigenvalue weighted by Gasteiger charge is -2.02. The van der Waals surface area contributed by atoms with Crippen LogP contribution in [0.5, 0.6) is 0 Å². The number of hydrogen-bond acceptors (Lipinski definition) is 3. The Morgan fingerprint density at radius 3 is 2.09 bits per heavy atom. The zero-order valence-electron chi connectivity index (χ0n) is 5.28. The molecule has 0 spiro atoms. The summed E-state index contributed by atoms with van der Waals surface area (Å²) in [5.74, 6) is -0.532. The molecule has 0 N–H and O–H groups in total. The zero-order valence-corrected chi connectivity index (χ0v) is 5.28. The molecule has 0 fully saturated rings. The molecule has 60 valence electrons. The SMILES string of the molecule is FC(F)C(F)c1ncncn1. The van der Waals surface area contributed by atoms with Crippen LogP contribution in [0.1, 0.15) is 12.0 Å². The third-order valence-electron chi connectivity index (χ3n) is 0.981. The van der Waals surface area contributed by atoms with E-state index >= 15 is 0 Å². The smallest absolute Gasteiger partial charge is 0.232 e. The Labute approximate surface area is 60.3 Å². The minimum Gasteiger partial charge on any atom is -0.232 e. The fourth-order valence-electron chi connectivity index (χ4n) is 0.503. The molecular formula is C5H4F3N3. The summed E-state index contributed by atoms with van der Waals surface area (Å²) in [6.07, 6.45) is -3.57. The van der Waals surface area contributed by atoms with Crippen molar-refractivity contribution in [2.45, 2.75) is 12.6 Å². The second kappa shape index (κ2) is 3.27. The van der Waals surface area contributed by atoms with E-state index in [2.05, 4.69) is 15.0 Å². The van der Waals surface area contributed by atoms with Crippen molar-refractivity contribution in [3.8, 4) is 0 Å². The minimum atomic E-state index is -3.09. The summed E-state index contributed by atoms with van der Waals surface area (Å²) in [5.41, 5.74) is 0. The molecule has 0 aromatic carbocycles. The molecule has 3 nitrogen and oxygen atoms in total. The Balaban J connectivity index is 2.77. The van der Waals surface area contributed by atoms with Crippen molar-refractivity contribution in [3.63, 3.8) is 0 Å². The molecule has 11 heavy (non-hydrogen) atoms. The van der Waals surface area contributed by atoms with Crippen molar-refractivity contribution in [1.82, 2.24) is 15.0 Å². The van der Waals surface area contributed by atoms with E-state index in [-0.39, 0.29) is 0 Å². The third-order valence-corrected chi connectivity index (χ3v) is 0.981. The van der Waals surface area contributed by atoms with E-state index in [0.29, 0.717) is 0 Å². The summed E-state index contributed by atoms with van der Waals surface area (Å²) < 4.78 is 35.6. The quantitative estimate of drug-likeness (QED) is 0.656. The molecule has 1 atom stereocenters. The molecular weight excluding hydrogens is 159 g/mol. The maximum atomic E-state index is 12.4. The van der Waals surface area contributed by atoms with Gasteiger partial charge in [0.1, 0.15) is 12.7 Å². The van der Waals surface area contributed by atoms with Gasteiger partial charge in [0.2, 0.25) is 6.17 Å². The number of nitrogens with zero attached hydrogens (tertiary/aromatic N) is 3. The Morgan fingerprint density at radius 2 is 1.64 bits per heavy atom. The van der Waals surface area contributed by atoms with Crippen molar-refractivity contribution >= 4 is 0 Å². The molecule has 0 saturated carbocycles. The summed E-state index contributed by atoms with van der Waals surface area (Å²) in [4.78, 5) is 9.80. The van der Waals surface area contributed by atoms with Crippen LogP contribution in [-0.2, 0) is 0 Å². The summed E-state index contributed by atoms with van der Waals surface area (Å²) in [6.45, 7) is 0. The van der Waals surface area contributed by atoms with Gasteiger partial charge in [-0.05, 0) is 0 Å². The first-order valence-electron chi connectivity index (χ1n) is 2.76. The Hall–Kier alpha value is -1.20. The predicted octanol–water partition coefficient (Wildman–Crippen LogP) is 1.15. The first-order valence-corrected chi connectivity index (χ1v) is 2.76. The predicted molar refractivity (Wildman–Crippen MR) is 29.7 cm³/mol. The maximum Gasteiger partial charge on any atom is 0.276 e. The number of rotatable bonds is 2. The Bertz CT molecular complexity index is 215. The largest absolute Gasteiger partial charge is 0.276 e. The molecule has 1 rings (SSSR count). The normalized spacial score (nSPS) is 13.5. The second-order valence-corrected chi connectivity index (χ2v) is 1.73. The van der Waals surface area contributed by atoms with Crippen molar-refractivity contribution in [3.05, 3.63) is 18.5 Å². The molecule has 1 heterocycles. The van der Waals surface area contributed by atoms with Gasteiger partial charge < -0.3 is 0 Å². The van der Waals surface area contributed by atoms with Crippen molar-refractivity contribution in [2.24, 2.45) is 0 Å². The van der Waals surface area contributed by atoms with Crippen LogP contribution in [0.2, 0.25) is 0 Å². The fourth-order valence-corrected chi connectivity index (χ4v) is 0.503. The van der Waals surface area contributed by atoms with E-state index in [1.807, 2.05) is 0 Å². The van der Waals surface area contributed by atoms with E-state index in [1.54, 1.807) is 0 Å². The van der Waals surface area contributed by atoms with Crippen LogP contribution in [0.15, 0.2) is 12.7 Å². The van der Waals surface area contributed by atoms with Crippen LogP contribution in [0.4, 0.5) is 13.2 Å². The third kappa shape index (κ3) is 1.86. The molecule has 1 aromatic rings. The Morgan fingerprint density at radius 1 is 1.09 bits per heavy atom. The molecule has 0 aliphatic rings. The molecule has 0 aliphatic heterocycles. The average Bonchev–Trinajstić information content (AvgIpc) is 2.05. The van der Waals surface area contributed by atoms with Crippen molar-refractivity contribution in [1.29, 1.82) is 0 Å². The molecule has 0 amide bonds. The van der Waals surface area contributed by atoms with Crippen LogP contribution in [0.3, 0.4) is 0 Å². The van der Waals surface area contributed by atoms with Gasteiger partial charge in [-0.25, -0.2) is 28.1 Å². The van der Waals surface area contributed by atoms with Gasteiger partial charge in [-0.3, -0.25) is 0 Å². The maximum absolute atomic E-state index is 12.4. The van der Waals surface area contributed by atoms with Gasteiger partial charge in [0.15, 0.2) is 5.82 Å². The highest BCUT2D eigenvalue weighted by atomic mass is 19.3. The first kappa shape index (κ1) is 7.90.